The van der Waals surface area contributed by atoms with Crippen LogP contribution in [0.4, 0.5) is 4.39 Å². The van der Waals surface area contributed by atoms with Crippen molar-refractivity contribution in [3.63, 3.8) is 0 Å². The molecule has 0 aliphatic heterocycles. The van der Waals surface area contributed by atoms with Crippen molar-refractivity contribution in [3.05, 3.63) is 53.3 Å². The van der Waals surface area contributed by atoms with Crippen molar-refractivity contribution in [3.8, 4) is 0 Å². The lowest BCUT2D eigenvalue weighted by molar-refractivity contribution is 0.278. The van der Waals surface area contributed by atoms with Gasteiger partial charge in [-0.3, -0.25) is 0 Å². The summed E-state index contributed by atoms with van der Waals surface area (Å²) in [4.78, 5) is 0. The Morgan fingerprint density at radius 1 is 1.25 bits per heavy atom. The third kappa shape index (κ3) is 2.98. The van der Waals surface area contributed by atoms with Gasteiger partial charge in [0.1, 0.15) is 5.82 Å². The quantitative estimate of drug-likeness (QED) is 0.578. The molecular formula is C18H22ClF. The van der Waals surface area contributed by atoms with Crippen LogP contribution in [0.2, 0.25) is 5.02 Å². The Bertz CT molecular complexity index is 498. The fourth-order valence-electron chi connectivity index (χ4n) is 3.22. The molecule has 0 bridgehead atoms. The van der Waals surface area contributed by atoms with Crippen LogP contribution >= 0.6 is 11.6 Å². The second-order valence-electron chi connectivity index (χ2n) is 5.78. The Balaban J connectivity index is 2.17. The molecule has 20 heavy (non-hydrogen) atoms. The molecule has 1 saturated carbocycles. The van der Waals surface area contributed by atoms with Crippen molar-refractivity contribution in [2.45, 2.75) is 38.5 Å². The van der Waals surface area contributed by atoms with Crippen molar-refractivity contribution in [1.82, 2.24) is 0 Å². The average Bonchev–Trinajstić information content (AvgIpc) is 2.49. The van der Waals surface area contributed by atoms with Crippen LogP contribution in [0.15, 0.2) is 31.4 Å². The molecule has 2 heteroatoms. The molecule has 108 valence electrons. The fourth-order valence-corrected chi connectivity index (χ4v) is 3.57. The molecule has 0 spiro atoms. The molecule has 0 aromatic heterocycles. The average molecular weight is 293 g/mol. The van der Waals surface area contributed by atoms with Gasteiger partial charge >= 0.3 is 0 Å². The zero-order chi connectivity index (χ0) is 14.7. The molecular weight excluding hydrogens is 271 g/mol. The zero-order valence-corrected chi connectivity index (χ0v) is 12.8. The molecule has 0 heterocycles. The first-order valence-corrected chi connectivity index (χ1v) is 7.69. The van der Waals surface area contributed by atoms with E-state index in [2.05, 4.69) is 26.2 Å². The van der Waals surface area contributed by atoms with Crippen LogP contribution < -0.4 is 0 Å². The van der Waals surface area contributed by atoms with E-state index < -0.39 is 0 Å². The molecule has 2 rings (SSSR count). The van der Waals surface area contributed by atoms with Gasteiger partial charge in [0.25, 0.3) is 0 Å². The van der Waals surface area contributed by atoms with Gasteiger partial charge in [0, 0.05) is 5.56 Å². The Morgan fingerprint density at radius 2 is 1.90 bits per heavy atom. The smallest absolute Gasteiger partial charge is 0.149 e. The van der Waals surface area contributed by atoms with Crippen molar-refractivity contribution in [2.75, 3.05) is 0 Å². The molecule has 1 aromatic carbocycles. The zero-order valence-electron chi connectivity index (χ0n) is 12.0. The van der Waals surface area contributed by atoms with Gasteiger partial charge in [-0.1, -0.05) is 49.4 Å². The minimum absolute atomic E-state index is 0.265. The van der Waals surface area contributed by atoms with Gasteiger partial charge in [-0.05, 0) is 49.0 Å². The lowest BCUT2D eigenvalue weighted by Gasteiger charge is -2.31. The fraction of sp³-hybridized carbons (Fsp3) is 0.444. The van der Waals surface area contributed by atoms with E-state index >= 15 is 0 Å². The summed E-state index contributed by atoms with van der Waals surface area (Å²) in [7, 11) is 0. The van der Waals surface area contributed by atoms with Crippen LogP contribution in [0.3, 0.4) is 0 Å². The standard InChI is InChI=1S/C18H22ClF/c1-4-13-6-8-15(9-7-13)12(3)16-11-10-14(5-2)18(20)17(16)19/h4-5,10-13,15H,1-2,6-9H2,3H3. The van der Waals surface area contributed by atoms with Crippen LogP contribution in [0.25, 0.3) is 6.08 Å². The molecule has 1 aromatic rings. The highest BCUT2D eigenvalue weighted by Gasteiger charge is 2.27. The molecule has 1 unspecified atom stereocenters. The van der Waals surface area contributed by atoms with E-state index in [1.807, 2.05) is 6.07 Å². The third-order valence-electron chi connectivity index (χ3n) is 4.71. The highest BCUT2D eigenvalue weighted by molar-refractivity contribution is 6.31. The Hall–Kier alpha value is -1.08. The molecule has 0 amide bonds. The van der Waals surface area contributed by atoms with E-state index in [0.717, 1.165) is 5.56 Å². The Kier molecular flexibility index (Phi) is 5.04. The van der Waals surface area contributed by atoms with E-state index in [4.69, 9.17) is 11.6 Å². The van der Waals surface area contributed by atoms with Gasteiger partial charge in [0.05, 0.1) is 5.02 Å². The number of hydrogen-bond acceptors (Lipinski definition) is 0. The second kappa shape index (κ2) is 6.58. The monoisotopic (exact) mass is 292 g/mol. The number of allylic oxidation sites excluding steroid dienone is 1. The maximum Gasteiger partial charge on any atom is 0.149 e. The predicted molar refractivity (Wildman–Crippen MR) is 85.6 cm³/mol. The predicted octanol–water partition coefficient (Wildman–Crippen LogP) is 6.22. The summed E-state index contributed by atoms with van der Waals surface area (Å²) >= 11 is 6.21. The molecule has 0 nitrogen and oxygen atoms in total. The van der Waals surface area contributed by atoms with Crippen LogP contribution in [-0.4, -0.2) is 0 Å². The topological polar surface area (TPSA) is 0 Å². The van der Waals surface area contributed by atoms with E-state index in [1.165, 1.54) is 31.8 Å². The van der Waals surface area contributed by atoms with Crippen molar-refractivity contribution in [1.29, 1.82) is 0 Å². The maximum absolute atomic E-state index is 14.1. The summed E-state index contributed by atoms with van der Waals surface area (Å²) in [6, 6.07) is 3.72. The van der Waals surface area contributed by atoms with E-state index in [-0.39, 0.29) is 10.8 Å². The lowest BCUT2D eigenvalue weighted by Crippen LogP contribution is -2.18. The summed E-state index contributed by atoms with van der Waals surface area (Å²) in [5, 5.41) is 0.265. The van der Waals surface area contributed by atoms with Crippen LogP contribution in [0.5, 0.6) is 0 Å². The van der Waals surface area contributed by atoms with Gasteiger partial charge in [-0.25, -0.2) is 4.39 Å². The molecule has 1 aliphatic rings. The SMILES string of the molecule is C=Cc1ccc(C(C)C2CCC(C=C)CC2)c(Cl)c1F. The number of hydrogen-bond donors (Lipinski definition) is 0. The Morgan fingerprint density at radius 3 is 2.45 bits per heavy atom. The summed E-state index contributed by atoms with van der Waals surface area (Å²) in [6.07, 6.45) is 8.27. The summed E-state index contributed by atoms with van der Waals surface area (Å²) in [5.41, 5.74) is 1.40. The maximum atomic E-state index is 14.1. The third-order valence-corrected chi connectivity index (χ3v) is 5.09. The first kappa shape index (κ1) is 15.3. The van der Waals surface area contributed by atoms with Crippen molar-refractivity contribution < 1.29 is 4.39 Å². The van der Waals surface area contributed by atoms with Gasteiger partial charge < -0.3 is 0 Å². The summed E-state index contributed by atoms with van der Waals surface area (Å²) < 4.78 is 14.1. The molecule has 1 atom stereocenters. The van der Waals surface area contributed by atoms with E-state index in [9.17, 15) is 4.39 Å². The van der Waals surface area contributed by atoms with E-state index in [1.54, 1.807) is 6.07 Å². The van der Waals surface area contributed by atoms with E-state index in [0.29, 0.717) is 23.3 Å². The summed E-state index contributed by atoms with van der Waals surface area (Å²) in [6.45, 7) is 9.64. The number of benzene rings is 1. The van der Waals surface area contributed by atoms with Crippen molar-refractivity contribution in [2.24, 2.45) is 11.8 Å². The molecule has 0 saturated heterocycles. The highest BCUT2D eigenvalue weighted by Crippen LogP contribution is 2.41. The first-order chi connectivity index (χ1) is 9.58. The normalized spacial score (nSPS) is 24.1. The highest BCUT2D eigenvalue weighted by atomic mass is 35.5. The molecule has 0 radical (unpaired) electrons. The minimum Gasteiger partial charge on any atom is -0.205 e. The summed E-state index contributed by atoms with van der Waals surface area (Å²) in [5.74, 6) is 1.18. The largest absolute Gasteiger partial charge is 0.205 e. The molecule has 0 N–H and O–H groups in total. The van der Waals surface area contributed by atoms with Crippen LogP contribution in [-0.2, 0) is 0 Å². The van der Waals surface area contributed by atoms with Gasteiger partial charge in [0.2, 0.25) is 0 Å². The number of halogens is 2. The van der Waals surface area contributed by atoms with Crippen LogP contribution in [0.1, 0.15) is 49.7 Å². The lowest BCUT2D eigenvalue weighted by atomic mass is 9.74. The van der Waals surface area contributed by atoms with Crippen molar-refractivity contribution >= 4 is 17.7 Å². The minimum atomic E-state index is -0.342. The number of rotatable bonds is 4. The van der Waals surface area contributed by atoms with Gasteiger partial charge in [0.15, 0.2) is 0 Å². The Labute approximate surface area is 126 Å². The van der Waals surface area contributed by atoms with Crippen LogP contribution in [0, 0.1) is 17.7 Å². The second-order valence-corrected chi connectivity index (χ2v) is 6.15. The van der Waals surface area contributed by atoms with Gasteiger partial charge in [-0.2, -0.15) is 0 Å². The first-order valence-electron chi connectivity index (χ1n) is 7.31. The molecule has 1 aliphatic carbocycles. The molecule has 1 fully saturated rings. The van der Waals surface area contributed by atoms with Gasteiger partial charge in [-0.15, -0.1) is 6.58 Å².